The first-order chi connectivity index (χ1) is 24.1. The lowest BCUT2D eigenvalue weighted by molar-refractivity contribution is -0.310. The van der Waals surface area contributed by atoms with Gasteiger partial charge < -0.3 is 42.6 Å². The van der Waals surface area contributed by atoms with Gasteiger partial charge in [-0.25, -0.2) is 0 Å². The maximum absolute atomic E-state index is 14.2. The fourth-order valence-corrected chi connectivity index (χ4v) is 6.49. The molecule has 0 aliphatic carbocycles. The second-order valence-electron chi connectivity index (χ2n) is 13.6. The van der Waals surface area contributed by atoms with E-state index in [1.807, 2.05) is 119 Å². The zero-order valence-corrected chi connectivity index (χ0v) is 29.3. The molecule has 0 radical (unpaired) electrons. The van der Waals surface area contributed by atoms with Crippen molar-refractivity contribution < 1.29 is 47.4 Å². The molecular formula is C40H48O10. The summed E-state index contributed by atoms with van der Waals surface area (Å²) >= 11 is 0. The lowest BCUT2D eigenvalue weighted by Crippen LogP contribution is -2.62. The van der Waals surface area contributed by atoms with E-state index in [9.17, 15) is 4.79 Å². The first-order valence-corrected chi connectivity index (χ1v) is 17.1. The summed E-state index contributed by atoms with van der Waals surface area (Å²) in [5.41, 5.74) is 2.88. The fourth-order valence-electron chi connectivity index (χ4n) is 6.49. The Bertz CT molecular complexity index is 1530. The third kappa shape index (κ3) is 9.33. The molecule has 0 bridgehead atoms. The Hall–Kier alpha value is -3.29. The van der Waals surface area contributed by atoms with Gasteiger partial charge in [0.1, 0.15) is 36.6 Å². The van der Waals surface area contributed by atoms with E-state index < -0.39 is 54.5 Å². The summed E-state index contributed by atoms with van der Waals surface area (Å²) in [5.74, 6) is -1.97. The summed E-state index contributed by atoms with van der Waals surface area (Å²) in [4.78, 5) is 14.2. The van der Waals surface area contributed by atoms with Crippen molar-refractivity contribution >= 4 is 5.78 Å². The Kier molecular flexibility index (Phi) is 12.0. The van der Waals surface area contributed by atoms with E-state index in [1.54, 1.807) is 6.08 Å². The molecule has 50 heavy (non-hydrogen) atoms. The van der Waals surface area contributed by atoms with Crippen LogP contribution in [0.3, 0.4) is 0 Å². The molecule has 6 rings (SSSR count). The van der Waals surface area contributed by atoms with Crippen LogP contribution in [-0.2, 0) is 67.2 Å². The molecule has 0 aromatic heterocycles. The van der Waals surface area contributed by atoms with Gasteiger partial charge in [0.05, 0.1) is 26.4 Å². The van der Waals surface area contributed by atoms with Crippen LogP contribution in [0.5, 0.6) is 0 Å². The SMILES string of the molecule is CO[C@H]1O[C@H](C(=O)/C=C/[C@H]2OC(C)(C)O[C@@H]2[C@H]2COC(C)(C)O2)[C@@H](OCc2ccccc2)[C@H](OCc2ccccc2)[C@H]1OCc1ccccc1. The molecule has 268 valence electrons. The van der Waals surface area contributed by atoms with E-state index in [0.29, 0.717) is 6.61 Å². The van der Waals surface area contributed by atoms with Crippen molar-refractivity contribution in [1.29, 1.82) is 0 Å². The minimum absolute atomic E-state index is 0.223. The zero-order chi connectivity index (χ0) is 35.1. The van der Waals surface area contributed by atoms with Crippen LogP contribution in [0.2, 0.25) is 0 Å². The van der Waals surface area contributed by atoms with Gasteiger partial charge in [-0.2, -0.15) is 0 Å². The van der Waals surface area contributed by atoms with E-state index in [0.717, 1.165) is 16.7 Å². The maximum atomic E-state index is 14.2. The van der Waals surface area contributed by atoms with Gasteiger partial charge in [-0.3, -0.25) is 4.79 Å². The van der Waals surface area contributed by atoms with Gasteiger partial charge in [-0.15, -0.1) is 0 Å². The average Bonchev–Trinajstić information content (AvgIpc) is 3.65. The van der Waals surface area contributed by atoms with Gasteiger partial charge in [0, 0.05) is 7.11 Å². The molecule has 0 spiro atoms. The molecule has 3 saturated heterocycles. The number of methoxy groups -OCH3 is 1. The van der Waals surface area contributed by atoms with Gasteiger partial charge in [0.15, 0.2) is 29.8 Å². The largest absolute Gasteiger partial charge is 0.368 e. The highest BCUT2D eigenvalue weighted by Gasteiger charge is 2.52. The third-order valence-electron chi connectivity index (χ3n) is 8.87. The van der Waals surface area contributed by atoms with Crippen molar-refractivity contribution in [1.82, 2.24) is 0 Å². The molecule has 3 fully saturated rings. The average molecular weight is 689 g/mol. The number of benzene rings is 3. The predicted octanol–water partition coefficient (Wildman–Crippen LogP) is 5.91. The molecule has 10 nitrogen and oxygen atoms in total. The number of ether oxygens (including phenoxy) is 9. The van der Waals surface area contributed by atoms with Crippen molar-refractivity contribution in [2.24, 2.45) is 0 Å². The van der Waals surface area contributed by atoms with Crippen molar-refractivity contribution in [3.05, 3.63) is 120 Å². The van der Waals surface area contributed by atoms with E-state index in [4.69, 9.17) is 42.6 Å². The van der Waals surface area contributed by atoms with Crippen LogP contribution in [0.4, 0.5) is 0 Å². The molecule has 3 aromatic carbocycles. The van der Waals surface area contributed by atoms with Crippen LogP contribution in [0, 0.1) is 0 Å². The Morgan fingerprint density at radius 2 is 1.22 bits per heavy atom. The standard InChI is InChI=1S/C40H48O10/c1-39(2)46-26-32(49-39)34-31(48-40(3,4)50-34)22-21-30(41)33-35(43-23-27-15-9-6-10-16-27)36(44-24-28-17-11-7-12-18-28)37(38(42-5)47-33)45-25-29-19-13-8-14-20-29/h6-22,31-38H,23-26H2,1-5H3/b22-21+/t31-,32-,33-,34+,35-,36+,37-,38+/m1/s1. The van der Waals surface area contributed by atoms with Crippen molar-refractivity contribution in [3.63, 3.8) is 0 Å². The van der Waals surface area contributed by atoms with Gasteiger partial charge >= 0.3 is 0 Å². The fraction of sp³-hybridized carbons (Fsp3) is 0.475. The lowest BCUT2D eigenvalue weighted by atomic mass is 9.94. The zero-order valence-electron chi connectivity index (χ0n) is 29.3. The van der Waals surface area contributed by atoms with E-state index in [-0.39, 0.29) is 31.7 Å². The van der Waals surface area contributed by atoms with Gasteiger partial charge in [-0.05, 0) is 56.5 Å². The summed E-state index contributed by atoms with van der Waals surface area (Å²) in [6.07, 6.45) is -2.61. The number of ketones is 1. The van der Waals surface area contributed by atoms with Crippen LogP contribution < -0.4 is 0 Å². The van der Waals surface area contributed by atoms with Crippen LogP contribution in [0.1, 0.15) is 44.4 Å². The number of hydrogen-bond donors (Lipinski definition) is 0. The van der Waals surface area contributed by atoms with Gasteiger partial charge in [0.2, 0.25) is 0 Å². The molecule has 0 N–H and O–H groups in total. The van der Waals surface area contributed by atoms with Crippen molar-refractivity contribution in [2.75, 3.05) is 13.7 Å². The van der Waals surface area contributed by atoms with Crippen LogP contribution >= 0.6 is 0 Å². The Morgan fingerprint density at radius 3 is 1.72 bits per heavy atom. The highest BCUT2D eigenvalue weighted by molar-refractivity contribution is 5.94. The smallest absolute Gasteiger partial charge is 0.187 e. The molecule has 3 aliphatic heterocycles. The molecule has 3 heterocycles. The molecule has 0 amide bonds. The molecule has 3 aromatic rings. The molecule has 3 aliphatic rings. The van der Waals surface area contributed by atoms with Gasteiger partial charge in [-0.1, -0.05) is 91.0 Å². The molecule has 0 unspecified atom stereocenters. The predicted molar refractivity (Wildman–Crippen MR) is 184 cm³/mol. The number of carbonyl (C=O) groups excluding carboxylic acids is 1. The Morgan fingerprint density at radius 1 is 0.700 bits per heavy atom. The quantitative estimate of drug-likeness (QED) is 0.190. The first-order valence-electron chi connectivity index (χ1n) is 17.1. The van der Waals surface area contributed by atoms with Crippen LogP contribution in [0.25, 0.3) is 0 Å². The van der Waals surface area contributed by atoms with E-state index >= 15 is 0 Å². The van der Waals surface area contributed by atoms with Crippen LogP contribution in [-0.4, -0.2) is 80.1 Å². The number of rotatable bonds is 14. The lowest BCUT2D eigenvalue weighted by Gasteiger charge is -2.44. The summed E-state index contributed by atoms with van der Waals surface area (Å²) in [6, 6.07) is 29.4. The minimum atomic E-state index is -1.09. The summed E-state index contributed by atoms with van der Waals surface area (Å²) in [6.45, 7) is 8.50. The van der Waals surface area contributed by atoms with Crippen molar-refractivity contribution in [2.45, 2.75) is 108 Å². The van der Waals surface area contributed by atoms with Crippen LogP contribution in [0.15, 0.2) is 103 Å². The molecule has 10 heteroatoms. The minimum Gasteiger partial charge on any atom is -0.368 e. The van der Waals surface area contributed by atoms with Crippen molar-refractivity contribution in [3.8, 4) is 0 Å². The Balaban J connectivity index is 1.28. The molecule has 0 saturated carbocycles. The second kappa shape index (κ2) is 16.4. The Labute approximate surface area is 294 Å². The summed E-state index contributed by atoms with van der Waals surface area (Å²) in [7, 11) is 1.53. The topological polar surface area (TPSA) is 100 Å². The maximum Gasteiger partial charge on any atom is 0.187 e. The third-order valence-corrected chi connectivity index (χ3v) is 8.87. The highest BCUT2D eigenvalue weighted by atomic mass is 16.8. The van der Waals surface area contributed by atoms with E-state index in [1.165, 1.54) is 13.2 Å². The number of carbonyl (C=O) groups is 1. The molecule has 8 atom stereocenters. The highest BCUT2D eigenvalue weighted by Crippen LogP contribution is 2.37. The normalized spacial score (nSPS) is 30.5. The second-order valence-corrected chi connectivity index (χ2v) is 13.6. The monoisotopic (exact) mass is 688 g/mol. The summed E-state index contributed by atoms with van der Waals surface area (Å²) < 4.78 is 56.3. The van der Waals surface area contributed by atoms with Gasteiger partial charge in [0.25, 0.3) is 0 Å². The first kappa shape index (κ1) is 36.5. The summed E-state index contributed by atoms with van der Waals surface area (Å²) in [5, 5.41) is 0. The number of hydrogen-bond acceptors (Lipinski definition) is 10. The molecular weight excluding hydrogens is 640 g/mol. The van der Waals surface area contributed by atoms with E-state index in [2.05, 4.69) is 0 Å².